The van der Waals surface area contributed by atoms with E-state index in [2.05, 4.69) is 20.5 Å². The number of aromatic nitrogens is 5. The number of hydrogen-bond acceptors (Lipinski definition) is 5. The molecule has 1 unspecified atom stereocenters. The first-order valence-electron chi connectivity index (χ1n) is 7.39. The van der Waals surface area contributed by atoms with Gasteiger partial charge in [-0.15, -0.1) is 5.10 Å². The summed E-state index contributed by atoms with van der Waals surface area (Å²) in [7, 11) is 0. The van der Waals surface area contributed by atoms with Crippen molar-refractivity contribution in [2.75, 3.05) is 5.32 Å². The lowest BCUT2D eigenvalue weighted by atomic mass is 10.3. The summed E-state index contributed by atoms with van der Waals surface area (Å²) in [5.41, 5.74) is 0.419. The summed E-state index contributed by atoms with van der Waals surface area (Å²) < 4.78 is 2.64. The van der Waals surface area contributed by atoms with Gasteiger partial charge in [0.25, 0.3) is 5.56 Å². The standard InChI is InChI=1S/C16H16N6O2/c1-11-5-3-6-13(18-11)19-16(24)12(2)22-15(23)8-7-14(20-22)21-10-4-9-17-21/h3-10,12H,1-2H3,(H,18,19,24). The molecule has 0 aliphatic carbocycles. The number of hydrogen-bond donors (Lipinski definition) is 1. The van der Waals surface area contributed by atoms with Crippen molar-refractivity contribution >= 4 is 11.7 Å². The molecule has 122 valence electrons. The van der Waals surface area contributed by atoms with Crippen molar-refractivity contribution in [1.29, 1.82) is 0 Å². The highest BCUT2D eigenvalue weighted by molar-refractivity contribution is 5.92. The third-order valence-corrected chi connectivity index (χ3v) is 3.44. The molecule has 0 saturated carbocycles. The van der Waals surface area contributed by atoms with Crippen molar-refractivity contribution in [3.63, 3.8) is 0 Å². The van der Waals surface area contributed by atoms with E-state index in [9.17, 15) is 9.59 Å². The Balaban J connectivity index is 1.86. The SMILES string of the molecule is Cc1cccc(NC(=O)C(C)n2nc(-n3cccn3)ccc2=O)n1. The Morgan fingerprint density at radius 2 is 2.04 bits per heavy atom. The fourth-order valence-corrected chi connectivity index (χ4v) is 2.17. The Morgan fingerprint density at radius 1 is 1.21 bits per heavy atom. The van der Waals surface area contributed by atoms with Crippen LogP contribution < -0.4 is 10.9 Å². The van der Waals surface area contributed by atoms with Gasteiger partial charge < -0.3 is 5.32 Å². The Kier molecular flexibility index (Phi) is 4.19. The van der Waals surface area contributed by atoms with Gasteiger partial charge in [0.05, 0.1) is 0 Å². The minimum absolute atomic E-state index is 0.370. The Hall–Kier alpha value is -3.29. The Bertz CT molecular complexity index is 916. The average Bonchev–Trinajstić information content (AvgIpc) is 3.09. The summed E-state index contributed by atoms with van der Waals surface area (Å²) >= 11 is 0. The molecule has 1 atom stereocenters. The summed E-state index contributed by atoms with van der Waals surface area (Å²) in [5.74, 6) is 0.511. The third kappa shape index (κ3) is 3.22. The minimum Gasteiger partial charge on any atom is -0.309 e. The van der Waals surface area contributed by atoms with E-state index >= 15 is 0 Å². The number of pyridine rings is 1. The summed E-state index contributed by atoms with van der Waals surface area (Å²) in [5, 5.41) is 11.0. The molecule has 0 aliphatic rings. The van der Waals surface area contributed by atoms with Crippen molar-refractivity contribution in [2.45, 2.75) is 19.9 Å². The molecule has 1 N–H and O–H groups in total. The van der Waals surface area contributed by atoms with Gasteiger partial charge in [-0.2, -0.15) is 5.10 Å². The molecule has 3 aromatic heterocycles. The van der Waals surface area contributed by atoms with Crippen LogP contribution in [-0.2, 0) is 4.79 Å². The third-order valence-electron chi connectivity index (χ3n) is 3.44. The first-order chi connectivity index (χ1) is 11.5. The van der Waals surface area contributed by atoms with Crippen LogP contribution in [0, 0.1) is 6.92 Å². The molecule has 0 radical (unpaired) electrons. The maximum Gasteiger partial charge on any atom is 0.267 e. The molecule has 1 amide bonds. The maximum absolute atomic E-state index is 12.4. The van der Waals surface area contributed by atoms with Crippen LogP contribution in [0.15, 0.2) is 53.6 Å². The van der Waals surface area contributed by atoms with Gasteiger partial charge in [-0.3, -0.25) is 9.59 Å². The molecule has 24 heavy (non-hydrogen) atoms. The number of nitrogens with one attached hydrogen (secondary N) is 1. The molecule has 8 nitrogen and oxygen atoms in total. The molecular weight excluding hydrogens is 308 g/mol. The summed E-state index contributed by atoms with van der Waals surface area (Å²) in [4.78, 5) is 28.7. The average molecular weight is 324 g/mol. The molecular formula is C16H16N6O2. The van der Waals surface area contributed by atoms with E-state index in [0.717, 1.165) is 10.4 Å². The van der Waals surface area contributed by atoms with Gasteiger partial charge in [0.15, 0.2) is 5.82 Å². The zero-order chi connectivity index (χ0) is 17.1. The monoisotopic (exact) mass is 324 g/mol. The van der Waals surface area contributed by atoms with Gasteiger partial charge in [-0.05, 0) is 38.1 Å². The molecule has 8 heteroatoms. The van der Waals surface area contributed by atoms with Crippen LogP contribution in [0.2, 0.25) is 0 Å². The number of anilines is 1. The highest BCUT2D eigenvalue weighted by Crippen LogP contribution is 2.09. The lowest BCUT2D eigenvalue weighted by Crippen LogP contribution is -2.33. The van der Waals surface area contributed by atoms with Crippen LogP contribution >= 0.6 is 0 Å². The molecule has 0 bridgehead atoms. The summed E-state index contributed by atoms with van der Waals surface area (Å²) in [6.45, 7) is 3.44. The lowest BCUT2D eigenvalue weighted by molar-refractivity contribution is -0.119. The smallest absolute Gasteiger partial charge is 0.267 e. The van der Waals surface area contributed by atoms with Gasteiger partial charge in [-0.25, -0.2) is 14.3 Å². The lowest BCUT2D eigenvalue weighted by Gasteiger charge is -2.14. The van der Waals surface area contributed by atoms with E-state index in [0.29, 0.717) is 11.6 Å². The van der Waals surface area contributed by atoms with E-state index in [1.165, 1.54) is 10.7 Å². The highest BCUT2D eigenvalue weighted by Gasteiger charge is 2.18. The van der Waals surface area contributed by atoms with Gasteiger partial charge >= 0.3 is 0 Å². The molecule has 0 fully saturated rings. The number of aryl methyl sites for hydroxylation is 1. The normalized spacial score (nSPS) is 11.9. The van der Waals surface area contributed by atoms with Crippen LogP contribution in [0.5, 0.6) is 0 Å². The molecule has 0 spiro atoms. The van der Waals surface area contributed by atoms with E-state index in [-0.39, 0.29) is 11.5 Å². The van der Waals surface area contributed by atoms with Gasteiger partial charge in [0, 0.05) is 24.2 Å². The van der Waals surface area contributed by atoms with Gasteiger partial charge in [0.2, 0.25) is 5.91 Å². The Morgan fingerprint density at radius 3 is 2.75 bits per heavy atom. The van der Waals surface area contributed by atoms with E-state index in [1.807, 2.05) is 13.0 Å². The second kappa shape index (κ2) is 6.45. The summed E-state index contributed by atoms with van der Waals surface area (Å²) in [6, 6.07) is 9.18. The van der Waals surface area contributed by atoms with Crippen LogP contribution in [-0.4, -0.2) is 30.5 Å². The highest BCUT2D eigenvalue weighted by atomic mass is 16.2. The predicted molar refractivity (Wildman–Crippen MR) is 87.9 cm³/mol. The number of carbonyl (C=O) groups excluding carboxylic acids is 1. The maximum atomic E-state index is 12.4. The molecule has 0 aromatic carbocycles. The largest absolute Gasteiger partial charge is 0.309 e. The fourth-order valence-electron chi connectivity index (χ4n) is 2.17. The van der Waals surface area contributed by atoms with Crippen LogP contribution in [0.25, 0.3) is 5.82 Å². The second-order valence-electron chi connectivity index (χ2n) is 5.25. The number of carbonyl (C=O) groups is 1. The molecule has 0 saturated heterocycles. The number of amides is 1. The van der Waals surface area contributed by atoms with Crippen LogP contribution in [0.1, 0.15) is 18.7 Å². The van der Waals surface area contributed by atoms with Crippen molar-refractivity contribution < 1.29 is 4.79 Å². The predicted octanol–water partition coefficient (Wildman–Crippen LogP) is 1.33. The molecule has 0 aliphatic heterocycles. The molecule has 3 rings (SSSR count). The zero-order valence-electron chi connectivity index (χ0n) is 13.2. The van der Waals surface area contributed by atoms with Crippen LogP contribution in [0.3, 0.4) is 0 Å². The van der Waals surface area contributed by atoms with Gasteiger partial charge in [0.1, 0.15) is 11.9 Å². The van der Waals surface area contributed by atoms with Crippen molar-refractivity contribution in [1.82, 2.24) is 24.5 Å². The van der Waals surface area contributed by atoms with E-state index in [4.69, 9.17) is 0 Å². The zero-order valence-corrected chi connectivity index (χ0v) is 13.2. The quantitative estimate of drug-likeness (QED) is 0.781. The molecule has 3 aromatic rings. The van der Waals surface area contributed by atoms with E-state index in [1.54, 1.807) is 43.6 Å². The first kappa shape index (κ1) is 15.6. The topological polar surface area (TPSA) is 94.7 Å². The number of rotatable bonds is 4. The van der Waals surface area contributed by atoms with Crippen molar-refractivity contribution in [3.8, 4) is 5.82 Å². The first-order valence-corrected chi connectivity index (χ1v) is 7.39. The fraction of sp³-hybridized carbons (Fsp3) is 0.188. The minimum atomic E-state index is -0.796. The van der Waals surface area contributed by atoms with E-state index < -0.39 is 6.04 Å². The van der Waals surface area contributed by atoms with Crippen LogP contribution in [0.4, 0.5) is 5.82 Å². The molecule has 3 heterocycles. The second-order valence-corrected chi connectivity index (χ2v) is 5.25. The Labute approximate surface area is 137 Å². The summed E-state index contributed by atoms with van der Waals surface area (Å²) in [6.07, 6.45) is 3.31. The number of nitrogens with zero attached hydrogens (tertiary/aromatic N) is 5. The van der Waals surface area contributed by atoms with Gasteiger partial charge in [-0.1, -0.05) is 6.07 Å². The van der Waals surface area contributed by atoms with Crippen molar-refractivity contribution in [2.24, 2.45) is 0 Å². The van der Waals surface area contributed by atoms with Crippen molar-refractivity contribution in [3.05, 3.63) is 64.8 Å².